The van der Waals surface area contributed by atoms with Crippen molar-refractivity contribution in [2.75, 3.05) is 30.3 Å². The molecule has 1 unspecified atom stereocenters. The van der Waals surface area contributed by atoms with Crippen molar-refractivity contribution < 1.29 is 29.7 Å². The molecule has 0 radical (unpaired) electrons. The third kappa shape index (κ3) is 8.25. The summed E-state index contributed by atoms with van der Waals surface area (Å²) in [4.78, 5) is 53.7. The Kier molecular flexibility index (Phi) is 10.4. The van der Waals surface area contributed by atoms with E-state index in [1.165, 1.54) is 6.21 Å². The van der Waals surface area contributed by atoms with Crippen LogP contribution in [-0.2, 0) is 17.9 Å². The number of carboxylic acid groups (broad SMARTS) is 1. The van der Waals surface area contributed by atoms with Gasteiger partial charge in [-0.2, -0.15) is 0 Å². The average Bonchev–Trinajstić information content (AvgIpc) is 4.06. The van der Waals surface area contributed by atoms with Gasteiger partial charge < -0.3 is 26.0 Å². The largest absolute Gasteiger partial charge is 0.481 e. The van der Waals surface area contributed by atoms with Gasteiger partial charge in [0.05, 0.1) is 18.8 Å². The van der Waals surface area contributed by atoms with Crippen LogP contribution < -0.4 is 10.6 Å². The van der Waals surface area contributed by atoms with Gasteiger partial charge in [-0.3, -0.25) is 34.2 Å². The number of benzene rings is 2. The number of carboxylic acids is 1. The molecule has 4 aromatic rings. The van der Waals surface area contributed by atoms with Crippen LogP contribution in [0.1, 0.15) is 98.8 Å². The number of likely N-dealkylation sites (tertiary alicyclic amines) is 1. The first-order chi connectivity index (χ1) is 25.9. The van der Waals surface area contributed by atoms with Crippen LogP contribution >= 0.6 is 0 Å². The van der Waals surface area contributed by atoms with Gasteiger partial charge in [0.1, 0.15) is 17.3 Å². The van der Waals surface area contributed by atoms with Crippen LogP contribution in [0.25, 0.3) is 11.1 Å². The molecule has 0 bridgehead atoms. The standard InChI is InChI=1S/C42H46N6O6/c1-24-31(6-4-8-35(24)46-39(50)37-14-33(26-10-11-26)28(18-44-37)16-43-17-30(21-49)41(52)53)32-7-5-9-36(25(32)2)47-40(51)38-15-34(27-12-13-27)29(19-45-38)20-48-22-42(3,54)23-48/h4-9,14-15,17-19,26-27,30,49,54H,10-13,16,20-23H2,1-3H3,(H,46,50)(H,47,51)(H,52,53). The zero-order valence-corrected chi connectivity index (χ0v) is 30.8. The number of aliphatic hydroxyl groups excluding tert-OH is 1. The number of nitrogens with zero attached hydrogens (tertiary/aromatic N) is 4. The maximum absolute atomic E-state index is 13.6. The topological polar surface area (TPSA) is 177 Å². The van der Waals surface area contributed by atoms with Crippen LogP contribution in [0.4, 0.5) is 11.4 Å². The van der Waals surface area contributed by atoms with Gasteiger partial charge in [0, 0.05) is 49.6 Å². The Bertz CT molecular complexity index is 2130. The molecule has 3 aliphatic rings. The molecule has 2 aromatic carbocycles. The Morgan fingerprint density at radius 2 is 1.37 bits per heavy atom. The number of rotatable bonds is 14. The first-order valence-electron chi connectivity index (χ1n) is 18.5. The number of aliphatic hydroxyl groups is 2. The van der Waals surface area contributed by atoms with Crippen molar-refractivity contribution in [3.05, 3.63) is 106 Å². The molecule has 1 aliphatic heterocycles. The Morgan fingerprint density at radius 1 is 0.870 bits per heavy atom. The summed E-state index contributed by atoms with van der Waals surface area (Å²) in [5.74, 6) is -2.11. The smallest absolute Gasteiger partial charge is 0.314 e. The van der Waals surface area contributed by atoms with E-state index >= 15 is 0 Å². The van der Waals surface area contributed by atoms with Crippen molar-refractivity contribution in [1.82, 2.24) is 14.9 Å². The molecule has 2 aliphatic carbocycles. The third-order valence-electron chi connectivity index (χ3n) is 10.6. The zero-order valence-electron chi connectivity index (χ0n) is 30.8. The van der Waals surface area contributed by atoms with Crippen LogP contribution in [0.3, 0.4) is 0 Å². The summed E-state index contributed by atoms with van der Waals surface area (Å²) in [6.07, 6.45) is 8.85. The highest BCUT2D eigenvalue weighted by Crippen LogP contribution is 2.43. The lowest BCUT2D eigenvalue weighted by Crippen LogP contribution is -2.59. The van der Waals surface area contributed by atoms with Crippen LogP contribution in [0.5, 0.6) is 0 Å². The minimum atomic E-state index is -1.14. The molecule has 12 nitrogen and oxygen atoms in total. The van der Waals surface area contributed by atoms with E-state index in [-0.39, 0.29) is 24.1 Å². The van der Waals surface area contributed by atoms with Gasteiger partial charge >= 0.3 is 5.97 Å². The lowest BCUT2D eigenvalue weighted by molar-refractivity contribution is -0.140. The fourth-order valence-corrected chi connectivity index (χ4v) is 7.30. The number of pyridine rings is 2. The molecule has 280 valence electrons. The van der Waals surface area contributed by atoms with E-state index < -0.39 is 24.1 Å². The van der Waals surface area contributed by atoms with Crippen molar-refractivity contribution in [2.45, 2.75) is 77.0 Å². The summed E-state index contributed by atoms with van der Waals surface area (Å²) in [7, 11) is 0. The van der Waals surface area contributed by atoms with Crippen molar-refractivity contribution in [3.8, 4) is 11.1 Å². The van der Waals surface area contributed by atoms with E-state index in [9.17, 15) is 29.7 Å². The molecule has 0 spiro atoms. The van der Waals surface area contributed by atoms with Crippen molar-refractivity contribution in [3.63, 3.8) is 0 Å². The van der Waals surface area contributed by atoms with Crippen LogP contribution in [0.15, 0.2) is 65.9 Å². The predicted molar refractivity (Wildman–Crippen MR) is 206 cm³/mol. The summed E-state index contributed by atoms with van der Waals surface area (Å²) in [6.45, 7) is 7.39. The Labute approximate surface area is 314 Å². The summed E-state index contributed by atoms with van der Waals surface area (Å²) in [5.41, 5.74) is 8.94. The number of carbonyl (C=O) groups is 3. The van der Waals surface area contributed by atoms with Crippen LogP contribution in [0.2, 0.25) is 0 Å². The number of carbonyl (C=O) groups excluding carboxylic acids is 2. The highest BCUT2D eigenvalue weighted by atomic mass is 16.4. The van der Waals surface area contributed by atoms with Gasteiger partial charge in [-0.15, -0.1) is 0 Å². The molecule has 3 fully saturated rings. The Morgan fingerprint density at radius 3 is 1.83 bits per heavy atom. The van der Waals surface area contributed by atoms with Crippen LogP contribution in [-0.4, -0.2) is 79.5 Å². The Hall–Kier alpha value is -5.30. The zero-order chi connectivity index (χ0) is 38.1. The first kappa shape index (κ1) is 37.0. The lowest BCUT2D eigenvalue weighted by atomic mass is 9.94. The average molecular weight is 731 g/mol. The molecule has 1 atom stereocenters. The number of nitrogens with one attached hydrogen (secondary N) is 2. The van der Waals surface area contributed by atoms with Crippen molar-refractivity contribution >= 4 is 35.4 Å². The minimum Gasteiger partial charge on any atom is -0.481 e. The van der Waals surface area contributed by atoms with E-state index in [2.05, 4.69) is 30.5 Å². The summed E-state index contributed by atoms with van der Waals surface area (Å²) < 4.78 is 0. The second-order valence-corrected chi connectivity index (χ2v) is 15.2. The van der Waals surface area contributed by atoms with Crippen molar-refractivity contribution in [2.24, 2.45) is 10.9 Å². The van der Waals surface area contributed by atoms with Gasteiger partial charge in [0.15, 0.2) is 0 Å². The van der Waals surface area contributed by atoms with Gasteiger partial charge in [-0.1, -0.05) is 24.3 Å². The van der Waals surface area contributed by atoms with Gasteiger partial charge in [0.25, 0.3) is 11.8 Å². The third-order valence-corrected chi connectivity index (χ3v) is 10.6. The number of anilines is 2. The lowest BCUT2D eigenvalue weighted by Gasteiger charge is -2.44. The molecule has 2 aromatic heterocycles. The van der Waals surface area contributed by atoms with E-state index in [1.807, 2.05) is 69.4 Å². The fraction of sp³-hybridized carbons (Fsp3) is 0.381. The number of β-amino-alcohol motifs (C(OH)–C–C–N with tert-alkyl or cyclic N) is 1. The number of aromatic nitrogens is 2. The second-order valence-electron chi connectivity index (χ2n) is 15.2. The first-order valence-corrected chi connectivity index (χ1v) is 18.5. The van der Waals surface area contributed by atoms with E-state index in [0.29, 0.717) is 48.5 Å². The molecule has 2 saturated carbocycles. The highest BCUT2D eigenvalue weighted by Gasteiger charge is 2.37. The maximum atomic E-state index is 13.6. The highest BCUT2D eigenvalue weighted by molar-refractivity contribution is 6.05. The Balaban J connectivity index is 1.06. The minimum absolute atomic E-state index is 0.208. The fourth-order valence-electron chi connectivity index (χ4n) is 7.30. The monoisotopic (exact) mass is 730 g/mol. The summed E-state index contributed by atoms with van der Waals surface area (Å²) in [5, 5.41) is 34.7. The second kappa shape index (κ2) is 15.2. The molecule has 12 heteroatoms. The SMILES string of the molecule is Cc1c(NC(=O)c2cc(C3CC3)c(CN=CC(CO)C(=O)O)cn2)cccc1-c1cccc(NC(=O)c2cc(C3CC3)c(CN3CC(C)(O)C3)cn2)c1C. The van der Waals surface area contributed by atoms with E-state index in [1.54, 1.807) is 12.3 Å². The molecule has 54 heavy (non-hydrogen) atoms. The quantitative estimate of drug-likeness (QED) is 0.0996. The normalized spacial score (nSPS) is 17.2. The number of aliphatic carboxylic acids is 1. The summed E-state index contributed by atoms with van der Waals surface area (Å²) >= 11 is 0. The molecule has 7 rings (SSSR count). The van der Waals surface area contributed by atoms with Crippen molar-refractivity contribution in [1.29, 1.82) is 0 Å². The van der Waals surface area contributed by atoms with Gasteiger partial charge in [0.2, 0.25) is 0 Å². The number of hydrogen-bond donors (Lipinski definition) is 5. The summed E-state index contributed by atoms with van der Waals surface area (Å²) in [6, 6.07) is 15.2. The maximum Gasteiger partial charge on any atom is 0.314 e. The molecule has 5 N–H and O–H groups in total. The van der Waals surface area contributed by atoms with Gasteiger partial charge in [-0.05, 0) is 127 Å². The molecule has 1 saturated heterocycles. The number of hydrogen-bond acceptors (Lipinski definition) is 9. The number of amides is 2. The molecule has 2 amide bonds. The molecular formula is C42H46N6O6. The van der Waals surface area contributed by atoms with Gasteiger partial charge in [-0.25, -0.2) is 0 Å². The van der Waals surface area contributed by atoms with Crippen LogP contribution in [0, 0.1) is 19.8 Å². The predicted octanol–water partition coefficient (Wildman–Crippen LogP) is 5.85. The molecular weight excluding hydrogens is 684 g/mol. The van der Waals surface area contributed by atoms with E-state index in [0.717, 1.165) is 70.2 Å². The van der Waals surface area contributed by atoms with E-state index in [4.69, 9.17) is 0 Å². The number of aliphatic imine (C=N–C) groups is 1. The molecule has 3 heterocycles.